The molecule has 0 saturated heterocycles. The van der Waals surface area contributed by atoms with Crippen LogP contribution >= 0.6 is 0 Å². The van der Waals surface area contributed by atoms with E-state index in [1.807, 2.05) is 6.08 Å². The van der Waals surface area contributed by atoms with E-state index < -0.39 is 5.82 Å². The Balaban J connectivity index is 0.00000172. The minimum atomic E-state index is -0.529. The molecule has 1 atom stereocenters. The third-order valence-corrected chi connectivity index (χ3v) is 4.85. The molecule has 1 unspecified atom stereocenters. The first-order valence-electron chi connectivity index (χ1n) is 12.2. The lowest BCUT2D eigenvalue weighted by Crippen LogP contribution is -2.30. The van der Waals surface area contributed by atoms with Gasteiger partial charge in [-0.05, 0) is 62.5 Å². The molecule has 0 amide bonds. The number of nitrogens with two attached hydrogens (primary N) is 1. The second-order valence-corrected chi connectivity index (χ2v) is 9.13. The number of aliphatic imine (C=N–C) groups is 2. The number of aromatic hydroxyl groups is 1. The number of allylic oxidation sites excluding steroid dienone is 2. The Morgan fingerprint density at radius 1 is 1.27 bits per heavy atom. The van der Waals surface area contributed by atoms with Gasteiger partial charge in [0.1, 0.15) is 17.4 Å². The maximum atomic E-state index is 14.7. The smallest absolute Gasteiger partial charge is 0.136 e. The molecule has 5 nitrogen and oxygen atoms in total. The minimum Gasteiger partial charge on any atom is -0.507 e. The maximum absolute atomic E-state index is 14.7. The van der Waals surface area contributed by atoms with E-state index in [0.29, 0.717) is 47.0 Å². The Hall–Kier alpha value is -2.63. The van der Waals surface area contributed by atoms with Crippen molar-refractivity contribution < 1.29 is 9.50 Å². The highest BCUT2D eigenvalue weighted by Crippen LogP contribution is 2.25. The number of phenolic OH excluding ortho intramolecular Hbond substituents is 1. The number of rotatable bonds is 9. The van der Waals surface area contributed by atoms with Crippen LogP contribution in [0.5, 0.6) is 5.75 Å². The Morgan fingerprint density at radius 3 is 2.48 bits per heavy atom. The molecule has 0 aromatic heterocycles. The fourth-order valence-corrected chi connectivity index (χ4v) is 3.58. The summed E-state index contributed by atoms with van der Waals surface area (Å²) in [4.78, 5) is 9.26. The molecule has 0 fully saturated rings. The van der Waals surface area contributed by atoms with Crippen LogP contribution < -0.4 is 11.1 Å². The molecule has 0 bridgehead atoms. The van der Waals surface area contributed by atoms with Crippen molar-refractivity contribution in [1.29, 1.82) is 0 Å². The summed E-state index contributed by atoms with van der Waals surface area (Å²) in [6.45, 7) is 14.7. The van der Waals surface area contributed by atoms with Gasteiger partial charge in [0.25, 0.3) is 0 Å². The van der Waals surface area contributed by atoms with Crippen molar-refractivity contribution in [3.63, 3.8) is 0 Å². The molecule has 184 valence electrons. The normalized spacial score (nSPS) is 15.1. The van der Waals surface area contributed by atoms with Crippen LogP contribution in [0.4, 0.5) is 4.39 Å². The van der Waals surface area contributed by atoms with Crippen LogP contribution in [-0.4, -0.2) is 29.1 Å². The van der Waals surface area contributed by atoms with E-state index in [-0.39, 0.29) is 11.3 Å². The molecule has 1 aromatic carbocycles. The van der Waals surface area contributed by atoms with E-state index in [9.17, 15) is 9.50 Å². The standard InChI is InChI=1S/C24H35FN4O.C3H8/c1-6-7-8-18(11-15(2)3)28-22-9-10-27-24(20(29-22)14-17(5)26)23-19(25)12-16(4)13-21(23)30;1-3-2/h9,12-15,18,28,30H,6-8,10-11,26H2,1-5H3;3H2,1-2H3/b17-14-;. The molecule has 1 heterocycles. The molecule has 1 aliphatic rings. The van der Waals surface area contributed by atoms with E-state index in [1.54, 1.807) is 19.9 Å². The SMILES string of the molecule is CCC.CCCCC(CC(C)C)NC1=CCN=C(c2c(O)cc(C)cc2F)C(/C=C(/C)N)=N1. The molecule has 33 heavy (non-hydrogen) atoms. The number of benzene rings is 1. The van der Waals surface area contributed by atoms with Crippen LogP contribution in [0.2, 0.25) is 0 Å². The Morgan fingerprint density at radius 2 is 1.94 bits per heavy atom. The fraction of sp³-hybridized carbons (Fsp3) is 0.556. The van der Waals surface area contributed by atoms with Gasteiger partial charge in [-0.1, -0.05) is 53.9 Å². The maximum Gasteiger partial charge on any atom is 0.136 e. The third-order valence-electron chi connectivity index (χ3n) is 4.85. The van der Waals surface area contributed by atoms with E-state index in [0.717, 1.165) is 25.7 Å². The van der Waals surface area contributed by atoms with Crippen molar-refractivity contribution in [1.82, 2.24) is 5.32 Å². The van der Waals surface area contributed by atoms with Crippen LogP contribution in [0.1, 0.15) is 84.8 Å². The van der Waals surface area contributed by atoms with Crippen molar-refractivity contribution >= 4 is 11.4 Å². The van der Waals surface area contributed by atoms with Gasteiger partial charge in [0, 0.05) is 11.7 Å². The molecule has 4 N–H and O–H groups in total. The highest BCUT2D eigenvalue weighted by Gasteiger charge is 2.22. The van der Waals surface area contributed by atoms with Gasteiger partial charge < -0.3 is 16.2 Å². The number of phenols is 1. The molecule has 6 heteroatoms. The van der Waals surface area contributed by atoms with Crippen LogP contribution in [0.3, 0.4) is 0 Å². The van der Waals surface area contributed by atoms with Crippen LogP contribution in [0, 0.1) is 18.7 Å². The fourth-order valence-electron chi connectivity index (χ4n) is 3.58. The first kappa shape index (κ1) is 28.4. The van der Waals surface area contributed by atoms with Crippen molar-refractivity contribution in [3.05, 3.63) is 52.7 Å². The lowest BCUT2D eigenvalue weighted by Gasteiger charge is -2.22. The summed E-state index contributed by atoms with van der Waals surface area (Å²) in [7, 11) is 0. The van der Waals surface area contributed by atoms with E-state index in [1.165, 1.54) is 18.6 Å². The first-order chi connectivity index (χ1) is 15.6. The molecule has 0 spiro atoms. The number of nitrogens with zero attached hydrogens (tertiary/aromatic N) is 2. The molecule has 1 aliphatic heterocycles. The van der Waals surface area contributed by atoms with Gasteiger partial charge in [0.05, 0.1) is 23.5 Å². The van der Waals surface area contributed by atoms with Crippen molar-refractivity contribution in [3.8, 4) is 5.75 Å². The molecule has 0 aliphatic carbocycles. The van der Waals surface area contributed by atoms with Crippen molar-refractivity contribution in [2.75, 3.05) is 6.54 Å². The van der Waals surface area contributed by atoms with Gasteiger partial charge in [0.2, 0.25) is 0 Å². The monoisotopic (exact) mass is 458 g/mol. The largest absolute Gasteiger partial charge is 0.507 e. The number of nitrogens with one attached hydrogen (secondary N) is 1. The molecule has 2 rings (SSSR count). The van der Waals surface area contributed by atoms with Crippen LogP contribution in [-0.2, 0) is 0 Å². The number of halogens is 1. The number of unbranched alkanes of at least 4 members (excludes halogenated alkanes) is 1. The topological polar surface area (TPSA) is 83.0 Å². The van der Waals surface area contributed by atoms with Crippen LogP contribution in [0.25, 0.3) is 0 Å². The van der Waals surface area contributed by atoms with Crippen molar-refractivity contribution in [2.45, 2.75) is 86.6 Å². The van der Waals surface area contributed by atoms with Gasteiger partial charge in [-0.3, -0.25) is 4.99 Å². The quantitative estimate of drug-likeness (QED) is 0.400. The van der Waals surface area contributed by atoms with E-state index in [2.05, 4.69) is 44.9 Å². The zero-order valence-corrected chi connectivity index (χ0v) is 21.5. The molecular weight excluding hydrogens is 415 g/mol. The Labute approximate surface area is 199 Å². The highest BCUT2D eigenvalue weighted by atomic mass is 19.1. The summed E-state index contributed by atoms with van der Waals surface area (Å²) in [5.74, 6) is 0.582. The summed E-state index contributed by atoms with van der Waals surface area (Å²) in [5, 5.41) is 14.0. The molecule has 0 saturated carbocycles. The summed E-state index contributed by atoms with van der Waals surface area (Å²) in [6.07, 6.45) is 9.19. The lowest BCUT2D eigenvalue weighted by atomic mass is 9.99. The summed E-state index contributed by atoms with van der Waals surface area (Å²) in [5.41, 5.74) is 7.88. The number of hydrogen-bond acceptors (Lipinski definition) is 5. The average molecular weight is 459 g/mol. The lowest BCUT2D eigenvalue weighted by molar-refractivity contribution is 0.412. The number of aryl methyl sites for hydroxylation is 1. The highest BCUT2D eigenvalue weighted by molar-refractivity contribution is 6.52. The van der Waals surface area contributed by atoms with Gasteiger partial charge in [-0.25, -0.2) is 9.38 Å². The molecule has 0 radical (unpaired) electrons. The van der Waals surface area contributed by atoms with E-state index >= 15 is 0 Å². The van der Waals surface area contributed by atoms with E-state index in [4.69, 9.17) is 10.7 Å². The Kier molecular flexibility index (Phi) is 12.5. The van der Waals surface area contributed by atoms with Gasteiger partial charge in [-0.2, -0.15) is 0 Å². The predicted octanol–water partition coefficient (Wildman–Crippen LogP) is 6.40. The van der Waals surface area contributed by atoms with Gasteiger partial charge in [0.15, 0.2) is 0 Å². The van der Waals surface area contributed by atoms with Gasteiger partial charge in [-0.15, -0.1) is 0 Å². The summed E-state index contributed by atoms with van der Waals surface area (Å²) < 4.78 is 14.7. The summed E-state index contributed by atoms with van der Waals surface area (Å²) in [6, 6.07) is 3.21. The second kappa shape index (κ2) is 14.5. The minimum absolute atomic E-state index is 0.0520. The average Bonchev–Trinajstić information content (AvgIpc) is 2.87. The van der Waals surface area contributed by atoms with Crippen molar-refractivity contribution in [2.24, 2.45) is 21.6 Å². The predicted molar refractivity (Wildman–Crippen MR) is 140 cm³/mol. The zero-order valence-electron chi connectivity index (χ0n) is 21.5. The van der Waals surface area contributed by atoms with Gasteiger partial charge >= 0.3 is 0 Å². The third kappa shape index (κ3) is 9.80. The molecule has 1 aromatic rings. The molecular formula is C27H43FN4O. The first-order valence-corrected chi connectivity index (χ1v) is 12.2. The Bertz CT molecular complexity index is 857. The zero-order chi connectivity index (χ0) is 25.0. The second-order valence-electron chi connectivity index (χ2n) is 9.13. The number of hydrogen-bond donors (Lipinski definition) is 3. The summed E-state index contributed by atoms with van der Waals surface area (Å²) >= 11 is 0. The van der Waals surface area contributed by atoms with Crippen LogP contribution in [0.15, 0.2) is 45.8 Å².